The number of piperidine rings is 1. The van der Waals surface area contributed by atoms with Gasteiger partial charge >= 0.3 is 5.97 Å². The Labute approximate surface area is 128 Å². The number of hydrogen-bond donors (Lipinski definition) is 2. The van der Waals surface area contributed by atoms with E-state index in [-0.39, 0.29) is 5.92 Å². The Balaban J connectivity index is 1.85. The number of hydrogen-bond acceptors (Lipinski definition) is 5. The summed E-state index contributed by atoms with van der Waals surface area (Å²) < 4.78 is 0. The van der Waals surface area contributed by atoms with Crippen molar-refractivity contribution in [3.63, 3.8) is 0 Å². The number of nitrogen functional groups attached to an aromatic ring is 1. The summed E-state index contributed by atoms with van der Waals surface area (Å²) in [4.78, 5) is 21.8. The van der Waals surface area contributed by atoms with Gasteiger partial charge in [0.05, 0.1) is 23.0 Å². The van der Waals surface area contributed by atoms with E-state index in [1.54, 1.807) is 12.4 Å². The number of nitrogens with two attached hydrogens (primary N) is 1. The first kappa shape index (κ1) is 14.3. The molecular formula is C16H18N4O2. The van der Waals surface area contributed by atoms with Crippen molar-refractivity contribution in [2.75, 3.05) is 23.7 Å². The molecule has 0 amide bonds. The number of carboxylic acid groups (broad SMARTS) is 1. The van der Waals surface area contributed by atoms with Crippen LogP contribution < -0.4 is 10.6 Å². The van der Waals surface area contributed by atoms with Crippen LogP contribution in [0.3, 0.4) is 0 Å². The molecule has 6 nitrogen and oxygen atoms in total. The van der Waals surface area contributed by atoms with Gasteiger partial charge in [-0.15, -0.1) is 0 Å². The fourth-order valence-corrected chi connectivity index (χ4v) is 2.81. The number of carbonyl (C=O) groups is 1. The molecule has 3 heterocycles. The lowest BCUT2D eigenvalue weighted by molar-refractivity contribution is -0.142. The van der Waals surface area contributed by atoms with Crippen LogP contribution in [0.25, 0.3) is 11.4 Å². The summed E-state index contributed by atoms with van der Waals surface area (Å²) in [6.07, 6.45) is 4.70. The second-order valence-electron chi connectivity index (χ2n) is 5.41. The van der Waals surface area contributed by atoms with Gasteiger partial charge in [-0.2, -0.15) is 0 Å². The standard InChI is InChI=1S/C16H18N4O2/c17-14-13(20-9-5-11(6-10-20)16(21)22)4-8-19-15(14)12-3-1-2-7-18-12/h1-4,7-8,11H,5-6,9-10,17H2,(H,21,22). The topological polar surface area (TPSA) is 92.3 Å². The van der Waals surface area contributed by atoms with Crippen molar-refractivity contribution < 1.29 is 9.90 Å². The first-order valence-corrected chi connectivity index (χ1v) is 7.30. The third kappa shape index (κ3) is 2.72. The van der Waals surface area contributed by atoms with Gasteiger partial charge in [0, 0.05) is 25.5 Å². The zero-order valence-corrected chi connectivity index (χ0v) is 12.1. The van der Waals surface area contributed by atoms with E-state index in [9.17, 15) is 4.79 Å². The third-order valence-corrected chi connectivity index (χ3v) is 4.06. The Morgan fingerprint density at radius 2 is 1.95 bits per heavy atom. The molecule has 0 spiro atoms. The number of carboxylic acids is 1. The molecule has 3 rings (SSSR count). The highest BCUT2D eigenvalue weighted by atomic mass is 16.4. The molecule has 0 unspecified atom stereocenters. The Morgan fingerprint density at radius 1 is 1.18 bits per heavy atom. The van der Waals surface area contributed by atoms with E-state index >= 15 is 0 Å². The molecule has 0 atom stereocenters. The Hall–Kier alpha value is -2.63. The van der Waals surface area contributed by atoms with Crippen LogP contribution in [0, 0.1) is 5.92 Å². The molecular weight excluding hydrogens is 280 g/mol. The van der Waals surface area contributed by atoms with Crippen LogP contribution in [0.4, 0.5) is 11.4 Å². The zero-order valence-electron chi connectivity index (χ0n) is 12.1. The van der Waals surface area contributed by atoms with E-state index in [0.29, 0.717) is 37.3 Å². The van der Waals surface area contributed by atoms with Gasteiger partial charge in [-0.25, -0.2) is 0 Å². The van der Waals surface area contributed by atoms with Gasteiger partial charge in [0.1, 0.15) is 5.69 Å². The molecule has 0 bridgehead atoms. The first-order valence-electron chi connectivity index (χ1n) is 7.30. The summed E-state index contributed by atoms with van der Waals surface area (Å²) in [6.45, 7) is 1.37. The molecule has 1 saturated heterocycles. The van der Waals surface area contributed by atoms with Crippen LogP contribution in [0.1, 0.15) is 12.8 Å². The lowest BCUT2D eigenvalue weighted by atomic mass is 9.96. The summed E-state index contributed by atoms with van der Waals surface area (Å²) in [6, 6.07) is 7.50. The minimum atomic E-state index is -0.712. The molecule has 0 aliphatic carbocycles. The number of nitrogens with zero attached hydrogens (tertiary/aromatic N) is 3. The van der Waals surface area contributed by atoms with Crippen LogP contribution in [0.5, 0.6) is 0 Å². The molecule has 0 radical (unpaired) electrons. The average molecular weight is 298 g/mol. The van der Waals surface area contributed by atoms with E-state index in [4.69, 9.17) is 10.8 Å². The van der Waals surface area contributed by atoms with Crippen molar-refractivity contribution in [1.29, 1.82) is 0 Å². The number of aliphatic carboxylic acids is 1. The average Bonchev–Trinajstić information content (AvgIpc) is 2.56. The van der Waals surface area contributed by atoms with E-state index in [1.165, 1.54) is 0 Å². The number of anilines is 2. The van der Waals surface area contributed by atoms with Crippen LogP contribution in [0.15, 0.2) is 36.7 Å². The minimum Gasteiger partial charge on any atom is -0.481 e. The monoisotopic (exact) mass is 298 g/mol. The molecule has 3 N–H and O–H groups in total. The maximum atomic E-state index is 11.0. The summed E-state index contributed by atoms with van der Waals surface area (Å²) in [5, 5.41) is 9.08. The van der Waals surface area contributed by atoms with E-state index in [1.807, 2.05) is 24.3 Å². The fraction of sp³-hybridized carbons (Fsp3) is 0.312. The lowest BCUT2D eigenvalue weighted by Crippen LogP contribution is -2.36. The molecule has 0 saturated carbocycles. The van der Waals surface area contributed by atoms with Crippen molar-refractivity contribution >= 4 is 17.3 Å². The van der Waals surface area contributed by atoms with Gasteiger partial charge in [0.15, 0.2) is 0 Å². The lowest BCUT2D eigenvalue weighted by Gasteiger charge is -2.32. The molecule has 6 heteroatoms. The van der Waals surface area contributed by atoms with Crippen molar-refractivity contribution in [2.24, 2.45) is 5.92 Å². The summed E-state index contributed by atoms with van der Waals surface area (Å²) in [5.74, 6) is -0.967. The summed E-state index contributed by atoms with van der Waals surface area (Å²) in [5.41, 5.74) is 9.18. The van der Waals surface area contributed by atoms with Crippen molar-refractivity contribution in [1.82, 2.24) is 9.97 Å². The van der Waals surface area contributed by atoms with E-state index in [2.05, 4.69) is 14.9 Å². The summed E-state index contributed by atoms with van der Waals surface area (Å²) >= 11 is 0. The van der Waals surface area contributed by atoms with Crippen LogP contribution in [0.2, 0.25) is 0 Å². The smallest absolute Gasteiger partial charge is 0.306 e. The largest absolute Gasteiger partial charge is 0.481 e. The second-order valence-corrected chi connectivity index (χ2v) is 5.41. The SMILES string of the molecule is Nc1c(N2CCC(C(=O)O)CC2)ccnc1-c1ccccn1. The van der Waals surface area contributed by atoms with Gasteiger partial charge < -0.3 is 15.7 Å². The number of pyridine rings is 2. The second kappa shape index (κ2) is 6.01. The van der Waals surface area contributed by atoms with Gasteiger partial charge in [0.25, 0.3) is 0 Å². The highest BCUT2D eigenvalue weighted by molar-refractivity contribution is 5.81. The van der Waals surface area contributed by atoms with E-state index < -0.39 is 5.97 Å². The molecule has 2 aromatic rings. The number of rotatable bonds is 3. The molecule has 1 aliphatic rings. The molecule has 22 heavy (non-hydrogen) atoms. The highest BCUT2D eigenvalue weighted by Gasteiger charge is 2.26. The molecule has 0 aromatic carbocycles. The predicted molar refractivity (Wildman–Crippen MR) is 84.5 cm³/mol. The highest BCUT2D eigenvalue weighted by Crippen LogP contribution is 2.33. The quantitative estimate of drug-likeness (QED) is 0.900. The van der Waals surface area contributed by atoms with E-state index in [0.717, 1.165) is 11.4 Å². The minimum absolute atomic E-state index is 0.255. The normalized spacial score (nSPS) is 15.7. The maximum Gasteiger partial charge on any atom is 0.306 e. The van der Waals surface area contributed by atoms with Gasteiger partial charge in [-0.3, -0.25) is 14.8 Å². The Kier molecular flexibility index (Phi) is 3.91. The predicted octanol–water partition coefficient (Wildman–Crippen LogP) is 2.03. The summed E-state index contributed by atoms with van der Waals surface area (Å²) in [7, 11) is 0. The zero-order chi connectivity index (χ0) is 15.5. The van der Waals surface area contributed by atoms with Crippen LogP contribution >= 0.6 is 0 Å². The van der Waals surface area contributed by atoms with Crippen molar-refractivity contribution in [3.05, 3.63) is 36.7 Å². The molecule has 1 fully saturated rings. The molecule has 1 aliphatic heterocycles. The number of aromatic nitrogens is 2. The Morgan fingerprint density at radius 3 is 2.59 bits per heavy atom. The van der Waals surface area contributed by atoms with Gasteiger partial charge in [-0.05, 0) is 31.0 Å². The maximum absolute atomic E-state index is 11.0. The van der Waals surface area contributed by atoms with Crippen LogP contribution in [-0.4, -0.2) is 34.1 Å². The van der Waals surface area contributed by atoms with Crippen molar-refractivity contribution in [3.8, 4) is 11.4 Å². The first-order chi connectivity index (χ1) is 10.7. The Bertz CT molecular complexity index is 667. The van der Waals surface area contributed by atoms with Crippen molar-refractivity contribution in [2.45, 2.75) is 12.8 Å². The van der Waals surface area contributed by atoms with Crippen LogP contribution in [-0.2, 0) is 4.79 Å². The van der Waals surface area contributed by atoms with Gasteiger partial charge in [-0.1, -0.05) is 6.07 Å². The molecule has 2 aromatic heterocycles. The van der Waals surface area contributed by atoms with Gasteiger partial charge in [0.2, 0.25) is 0 Å². The molecule has 114 valence electrons. The third-order valence-electron chi connectivity index (χ3n) is 4.06. The fourth-order valence-electron chi connectivity index (χ4n) is 2.81.